The van der Waals surface area contributed by atoms with Crippen LogP contribution in [0.25, 0.3) is 0 Å². The summed E-state index contributed by atoms with van der Waals surface area (Å²) in [5, 5.41) is 0. The Labute approximate surface area is 81.7 Å². The molecule has 2 aliphatic carbocycles. The molecule has 0 aliphatic heterocycles. The topological polar surface area (TPSA) is 0 Å². The molecule has 0 radical (unpaired) electrons. The molecular formula is C13H20. The first-order valence-corrected chi connectivity index (χ1v) is 5.85. The van der Waals surface area contributed by atoms with Crippen LogP contribution in [-0.4, -0.2) is 0 Å². The molecule has 0 bridgehead atoms. The van der Waals surface area contributed by atoms with Gasteiger partial charge in [0, 0.05) is 0 Å². The molecule has 0 saturated carbocycles. The third kappa shape index (κ3) is 2.46. The highest BCUT2D eigenvalue weighted by Gasteiger charge is 2.10. The average molecular weight is 176 g/mol. The van der Waals surface area contributed by atoms with Gasteiger partial charge in [-0.2, -0.15) is 0 Å². The van der Waals surface area contributed by atoms with Crippen molar-refractivity contribution in [2.24, 2.45) is 0 Å². The summed E-state index contributed by atoms with van der Waals surface area (Å²) in [5.74, 6) is 0. The van der Waals surface area contributed by atoms with Crippen LogP contribution in [0.4, 0.5) is 0 Å². The predicted molar refractivity (Wildman–Crippen MR) is 57.7 cm³/mol. The lowest BCUT2D eigenvalue weighted by Gasteiger charge is -2.16. The fourth-order valence-corrected chi connectivity index (χ4v) is 2.45. The van der Waals surface area contributed by atoms with Gasteiger partial charge in [0.15, 0.2) is 0 Å². The summed E-state index contributed by atoms with van der Waals surface area (Å²) < 4.78 is 0. The van der Waals surface area contributed by atoms with Gasteiger partial charge in [0.2, 0.25) is 0 Å². The van der Waals surface area contributed by atoms with E-state index in [9.17, 15) is 0 Å². The van der Waals surface area contributed by atoms with Gasteiger partial charge in [0.1, 0.15) is 0 Å². The summed E-state index contributed by atoms with van der Waals surface area (Å²) in [7, 11) is 0. The van der Waals surface area contributed by atoms with Crippen molar-refractivity contribution in [2.45, 2.75) is 57.8 Å². The number of rotatable bonds is 0. The average Bonchev–Trinajstić information content (AvgIpc) is 2.28. The fourth-order valence-electron chi connectivity index (χ4n) is 2.45. The summed E-state index contributed by atoms with van der Waals surface area (Å²) in [6.45, 7) is 0. The van der Waals surface area contributed by atoms with Gasteiger partial charge < -0.3 is 0 Å². The van der Waals surface area contributed by atoms with E-state index in [1.54, 1.807) is 11.1 Å². The maximum atomic E-state index is 2.51. The molecule has 13 heavy (non-hydrogen) atoms. The highest BCUT2D eigenvalue weighted by molar-refractivity contribution is 5.33. The van der Waals surface area contributed by atoms with E-state index < -0.39 is 0 Å². The number of hydrogen-bond donors (Lipinski definition) is 0. The molecule has 0 N–H and O–H groups in total. The van der Waals surface area contributed by atoms with Crippen molar-refractivity contribution in [3.8, 4) is 0 Å². The molecule has 72 valence electrons. The first-order valence-electron chi connectivity index (χ1n) is 5.85. The molecule has 0 spiro atoms. The summed E-state index contributed by atoms with van der Waals surface area (Å²) in [5.41, 5.74) is 3.38. The third-order valence-electron chi connectivity index (χ3n) is 3.24. The van der Waals surface area contributed by atoms with Crippen molar-refractivity contribution < 1.29 is 0 Å². The molecule has 0 aromatic carbocycles. The zero-order valence-electron chi connectivity index (χ0n) is 8.52. The Hall–Kier alpha value is -0.520. The van der Waals surface area contributed by atoms with Crippen molar-refractivity contribution in [2.75, 3.05) is 0 Å². The Morgan fingerprint density at radius 3 is 2.08 bits per heavy atom. The van der Waals surface area contributed by atoms with Crippen molar-refractivity contribution >= 4 is 0 Å². The van der Waals surface area contributed by atoms with Crippen LogP contribution < -0.4 is 0 Å². The van der Waals surface area contributed by atoms with Gasteiger partial charge in [-0.15, -0.1) is 0 Å². The first kappa shape index (κ1) is 9.05. The number of hydrogen-bond acceptors (Lipinski definition) is 0. The van der Waals surface area contributed by atoms with Crippen LogP contribution in [0.5, 0.6) is 0 Å². The van der Waals surface area contributed by atoms with E-state index in [2.05, 4.69) is 12.2 Å². The van der Waals surface area contributed by atoms with Crippen LogP contribution in [0.3, 0.4) is 0 Å². The standard InChI is InChI=1S/C13H20/c1-2-4-8-12-10-6-7-11-13(12)9-5-3-1/h8,11H,1-7,9-10H2/b12-8-. The molecule has 0 aromatic heterocycles. The Morgan fingerprint density at radius 2 is 1.23 bits per heavy atom. The van der Waals surface area contributed by atoms with Crippen LogP contribution in [0.2, 0.25) is 0 Å². The summed E-state index contributed by atoms with van der Waals surface area (Å²) >= 11 is 0. The van der Waals surface area contributed by atoms with E-state index in [1.165, 1.54) is 57.8 Å². The second-order valence-corrected chi connectivity index (χ2v) is 4.30. The lowest BCUT2D eigenvalue weighted by atomic mass is 9.90. The van der Waals surface area contributed by atoms with Crippen LogP contribution >= 0.6 is 0 Å². The molecule has 0 heterocycles. The van der Waals surface area contributed by atoms with Crippen molar-refractivity contribution in [1.29, 1.82) is 0 Å². The molecule has 0 saturated heterocycles. The second kappa shape index (κ2) is 4.64. The molecule has 0 nitrogen and oxygen atoms in total. The van der Waals surface area contributed by atoms with E-state index >= 15 is 0 Å². The smallest absolute Gasteiger partial charge is 0.0276 e. The van der Waals surface area contributed by atoms with Crippen molar-refractivity contribution in [1.82, 2.24) is 0 Å². The summed E-state index contributed by atoms with van der Waals surface area (Å²) in [4.78, 5) is 0. The minimum atomic E-state index is 1.33. The molecule has 0 aromatic rings. The normalized spacial score (nSPS) is 28.6. The molecular weight excluding hydrogens is 156 g/mol. The number of fused-ring (bicyclic) bond motifs is 1. The van der Waals surface area contributed by atoms with Crippen LogP contribution in [0.1, 0.15) is 57.8 Å². The molecule has 0 atom stereocenters. The monoisotopic (exact) mass is 176 g/mol. The van der Waals surface area contributed by atoms with E-state index in [0.29, 0.717) is 0 Å². The molecule has 0 heteroatoms. The van der Waals surface area contributed by atoms with Gasteiger partial charge in [-0.25, -0.2) is 0 Å². The fraction of sp³-hybridized carbons (Fsp3) is 0.692. The van der Waals surface area contributed by atoms with Gasteiger partial charge >= 0.3 is 0 Å². The lowest BCUT2D eigenvalue weighted by molar-refractivity contribution is 0.650. The molecule has 2 rings (SSSR count). The Kier molecular flexibility index (Phi) is 3.23. The summed E-state index contributed by atoms with van der Waals surface area (Å²) in [6.07, 6.45) is 17.5. The quantitative estimate of drug-likeness (QED) is 0.514. The largest absolute Gasteiger partial charge is 0.0811 e. The van der Waals surface area contributed by atoms with Gasteiger partial charge in [0.05, 0.1) is 0 Å². The maximum Gasteiger partial charge on any atom is -0.0276 e. The van der Waals surface area contributed by atoms with Gasteiger partial charge in [-0.3, -0.25) is 0 Å². The van der Waals surface area contributed by atoms with Crippen LogP contribution in [0.15, 0.2) is 23.3 Å². The molecule has 2 aliphatic rings. The van der Waals surface area contributed by atoms with Gasteiger partial charge in [0.25, 0.3) is 0 Å². The van der Waals surface area contributed by atoms with E-state index in [4.69, 9.17) is 0 Å². The molecule has 0 unspecified atom stereocenters. The highest BCUT2D eigenvalue weighted by Crippen LogP contribution is 2.29. The highest BCUT2D eigenvalue weighted by atomic mass is 14.2. The van der Waals surface area contributed by atoms with Gasteiger partial charge in [-0.1, -0.05) is 25.0 Å². The zero-order valence-corrected chi connectivity index (χ0v) is 8.52. The van der Waals surface area contributed by atoms with E-state index in [-0.39, 0.29) is 0 Å². The van der Waals surface area contributed by atoms with E-state index in [1.807, 2.05) is 0 Å². The SMILES string of the molecule is C1=C2CCCCCC/C=C\2CCC1. The lowest BCUT2D eigenvalue weighted by Crippen LogP contribution is -1.96. The van der Waals surface area contributed by atoms with Gasteiger partial charge in [-0.05, 0) is 56.1 Å². The maximum absolute atomic E-state index is 2.51. The van der Waals surface area contributed by atoms with Crippen molar-refractivity contribution in [3.05, 3.63) is 23.3 Å². The zero-order chi connectivity index (χ0) is 8.93. The Balaban J connectivity index is 2.10. The second-order valence-electron chi connectivity index (χ2n) is 4.30. The Bertz CT molecular complexity index is 220. The molecule has 0 fully saturated rings. The van der Waals surface area contributed by atoms with Crippen molar-refractivity contribution in [3.63, 3.8) is 0 Å². The third-order valence-corrected chi connectivity index (χ3v) is 3.24. The van der Waals surface area contributed by atoms with Crippen LogP contribution in [0, 0.1) is 0 Å². The Morgan fingerprint density at radius 1 is 0.615 bits per heavy atom. The predicted octanol–water partition coefficient (Wildman–Crippen LogP) is 4.38. The summed E-state index contributed by atoms with van der Waals surface area (Å²) in [6, 6.07) is 0. The molecule has 0 amide bonds. The minimum Gasteiger partial charge on any atom is -0.0811 e. The minimum absolute atomic E-state index is 1.33. The van der Waals surface area contributed by atoms with Crippen LogP contribution in [-0.2, 0) is 0 Å². The number of allylic oxidation sites excluding steroid dienone is 4. The van der Waals surface area contributed by atoms with E-state index in [0.717, 1.165) is 0 Å². The first-order chi connectivity index (χ1) is 6.47.